The highest BCUT2D eigenvalue weighted by atomic mass is 16.7. The number of rotatable bonds is 35. The maximum Gasteiger partial charge on any atom is 0.157 e. The maximum absolute atomic E-state index is 6.38. The van der Waals surface area contributed by atoms with Crippen molar-refractivity contribution >= 4 is 0 Å². The van der Waals surface area contributed by atoms with Crippen LogP contribution in [0.15, 0.2) is 0 Å². The minimum atomic E-state index is -0.0175. The van der Waals surface area contributed by atoms with Crippen LogP contribution in [0.4, 0.5) is 0 Å². The van der Waals surface area contributed by atoms with Gasteiger partial charge in [-0.1, -0.05) is 170 Å². The van der Waals surface area contributed by atoms with Crippen molar-refractivity contribution < 1.29 is 9.47 Å². The summed E-state index contributed by atoms with van der Waals surface area (Å²) in [7, 11) is 0. The van der Waals surface area contributed by atoms with Gasteiger partial charge in [-0.05, 0) is 74.8 Å². The summed E-state index contributed by atoms with van der Waals surface area (Å²) >= 11 is 0. The van der Waals surface area contributed by atoms with Crippen molar-refractivity contribution in [3.63, 3.8) is 0 Å². The van der Waals surface area contributed by atoms with Gasteiger partial charge in [-0.2, -0.15) is 0 Å². The minimum Gasteiger partial charge on any atom is -0.352 e. The van der Waals surface area contributed by atoms with E-state index in [4.69, 9.17) is 9.47 Å². The fourth-order valence-corrected chi connectivity index (χ4v) is 7.07. The zero-order valence-corrected chi connectivity index (χ0v) is 32.2. The summed E-state index contributed by atoms with van der Waals surface area (Å²) < 4.78 is 12.8. The highest BCUT2D eigenvalue weighted by molar-refractivity contribution is 4.74. The summed E-state index contributed by atoms with van der Waals surface area (Å²) in [5, 5.41) is 0. The van der Waals surface area contributed by atoms with Crippen molar-refractivity contribution in [1.29, 1.82) is 0 Å². The van der Waals surface area contributed by atoms with Crippen LogP contribution < -0.4 is 0 Å². The lowest BCUT2D eigenvalue weighted by Gasteiger charge is -2.28. The van der Waals surface area contributed by atoms with E-state index >= 15 is 0 Å². The van der Waals surface area contributed by atoms with Gasteiger partial charge in [0.25, 0.3) is 0 Å². The number of hydrogen-bond donors (Lipinski definition) is 0. The van der Waals surface area contributed by atoms with Gasteiger partial charge in [0.1, 0.15) is 0 Å². The zero-order chi connectivity index (χ0) is 33.0. The van der Waals surface area contributed by atoms with E-state index in [9.17, 15) is 0 Å². The monoisotopic (exact) mass is 636 g/mol. The summed E-state index contributed by atoms with van der Waals surface area (Å²) in [6.45, 7) is 22.0. The summed E-state index contributed by atoms with van der Waals surface area (Å²) in [5.41, 5.74) is 0. The Morgan fingerprint density at radius 3 is 1.58 bits per heavy atom. The van der Waals surface area contributed by atoms with E-state index < -0.39 is 0 Å². The first kappa shape index (κ1) is 42.9. The minimum absolute atomic E-state index is 0.0175. The third-order valence-corrected chi connectivity index (χ3v) is 11.1. The first-order chi connectivity index (χ1) is 22.0. The molecule has 0 heterocycles. The summed E-state index contributed by atoms with van der Waals surface area (Å²) in [6, 6.07) is 0. The average Bonchev–Trinajstić information content (AvgIpc) is 3.88. The molecule has 0 spiro atoms. The molecular weight excluding hydrogens is 550 g/mol. The van der Waals surface area contributed by atoms with Crippen molar-refractivity contribution in [2.75, 3.05) is 32.8 Å². The van der Waals surface area contributed by atoms with Crippen LogP contribution in [0.25, 0.3) is 0 Å². The first-order valence-electron chi connectivity index (χ1n) is 20.9. The molecule has 3 nitrogen and oxygen atoms in total. The molecule has 0 radical (unpaired) electrons. The van der Waals surface area contributed by atoms with Crippen LogP contribution in [-0.2, 0) is 9.47 Å². The van der Waals surface area contributed by atoms with Crippen LogP contribution in [0, 0.1) is 29.6 Å². The smallest absolute Gasteiger partial charge is 0.157 e. The van der Waals surface area contributed by atoms with E-state index in [1.165, 1.54) is 167 Å². The van der Waals surface area contributed by atoms with Crippen LogP contribution in [-0.4, -0.2) is 44.0 Å². The molecule has 1 atom stereocenters. The first-order valence-corrected chi connectivity index (χ1v) is 20.9. The largest absolute Gasteiger partial charge is 0.352 e. The Labute approximate surface area is 285 Å². The molecule has 0 aromatic carbocycles. The van der Waals surface area contributed by atoms with Crippen molar-refractivity contribution in [2.24, 2.45) is 29.6 Å². The molecule has 1 saturated carbocycles. The van der Waals surface area contributed by atoms with Gasteiger partial charge in [0.2, 0.25) is 0 Å². The van der Waals surface area contributed by atoms with Crippen molar-refractivity contribution in [1.82, 2.24) is 4.90 Å². The molecule has 1 unspecified atom stereocenters. The van der Waals surface area contributed by atoms with Crippen LogP contribution in [0.5, 0.6) is 0 Å². The SMILES string of the molecule is CCCCCCC(CCCCCC)CCN(CCCCC1CC1)CC(C)CCCCC(OCC(CC)CC)OCC(CC)CC. The highest BCUT2D eigenvalue weighted by Gasteiger charge is 2.21. The predicted molar refractivity (Wildman–Crippen MR) is 200 cm³/mol. The predicted octanol–water partition coefficient (Wildman–Crippen LogP) is 13.2. The molecule has 0 aromatic rings. The Hall–Kier alpha value is -0.120. The summed E-state index contributed by atoms with van der Waals surface area (Å²) in [6.07, 6.45) is 32.7. The average molecular weight is 636 g/mol. The molecule has 0 bridgehead atoms. The van der Waals surface area contributed by atoms with Gasteiger partial charge >= 0.3 is 0 Å². The third kappa shape index (κ3) is 24.6. The van der Waals surface area contributed by atoms with E-state index in [1.54, 1.807) is 0 Å². The molecule has 1 aliphatic rings. The van der Waals surface area contributed by atoms with Crippen LogP contribution in [0.1, 0.15) is 203 Å². The lowest BCUT2D eigenvalue weighted by Crippen LogP contribution is -2.32. The van der Waals surface area contributed by atoms with E-state index in [0.29, 0.717) is 11.8 Å². The van der Waals surface area contributed by atoms with E-state index in [1.807, 2.05) is 0 Å². The fourth-order valence-electron chi connectivity index (χ4n) is 7.07. The van der Waals surface area contributed by atoms with Gasteiger partial charge < -0.3 is 14.4 Å². The van der Waals surface area contributed by atoms with Crippen LogP contribution in [0.3, 0.4) is 0 Å². The second-order valence-electron chi connectivity index (χ2n) is 15.4. The van der Waals surface area contributed by atoms with Crippen molar-refractivity contribution in [2.45, 2.75) is 209 Å². The standard InChI is InChI=1S/C42H85NO2/c1-8-14-16-18-25-40(26-19-17-15-9-2)31-33-43(32-23-22-27-41-29-30-41)34-37(7)24-20-21-28-42(44-35-38(10-3)11-4)45-36-39(12-5)13-6/h37-42H,8-36H2,1-7H3. The molecule has 0 aliphatic heterocycles. The Morgan fingerprint density at radius 2 is 1.07 bits per heavy atom. The Balaban J connectivity index is 2.58. The molecule has 1 rings (SSSR count). The molecule has 270 valence electrons. The normalized spacial score (nSPS) is 14.7. The quantitative estimate of drug-likeness (QED) is 0.0511. The molecule has 0 amide bonds. The van der Waals surface area contributed by atoms with Gasteiger partial charge in [-0.15, -0.1) is 0 Å². The summed E-state index contributed by atoms with van der Waals surface area (Å²) in [4.78, 5) is 2.89. The lowest BCUT2D eigenvalue weighted by atomic mass is 9.91. The maximum atomic E-state index is 6.38. The molecule has 45 heavy (non-hydrogen) atoms. The zero-order valence-electron chi connectivity index (χ0n) is 32.2. The van der Waals surface area contributed by atoms with Crippen molar-refractivity contribution in [3.8, 4) is 0 Å². The molecule has 0 aromatic heterocycles. The van der Waals surface area contributed by atoms with Crippen LogP contribution in [0.2, 0.25) is 0 Å². The fraction of sp³-hybridized carbons (Fsp3) is 1.00. The van der Waals surface area contributed by atoms with E-state index in [0.717, 1.165) is 37.4 Å². The molecule has 3 heteroatoms. The number of ether oxygens (including phenoxy) is 2. The highest BCUT2D eigenvalue weighted by Crippen LogP contribution is 2.34. The topological polar surface area (TPSA) is 21.7 Å². The molecule has 1 aliphatic carbocycles. The van der Waals surface area contributed by atoms with E-state index in [2.05, 4.69) is 53.4 Å². The number of hydrogen-bond acceptors (Lipinski definition) is 3. The summed E-state index contributed by atoms with van der Waals surface area (Å²) in [5.74, 6) is 4.11. The Kier molecular flexibility index (Phi) is 28.6. The van der Waals surface area contributed by atoms with Gasteiger partial charge in [-0.3, -0.25) is 0 Å². The molecule has 0 saturated heterocycles. The van der Waals surface area contributed by atoms with E-state index in [-0.39, 0.29) is 6.29 Å². The van der Waals surface area contributed by atoms with Crippen molar-refractivity contribution in [3.05, 3.63) is 0 Å². The third-order valence-electron chi connectivity index (χ3n) is 11.1. The van der Waals surface area contributed by atoms with Gasteiger partial charge in [0, 0.05) is 6.54 Å². The number of nitrogens with zero attached hydrogens (tertiary/aromatic N) is 1. The number of unbranched alkanes of at least 4 members (excludes halogenated alkanes) is 8. The Bertz CT molecular complexity index is 572. The Morgan fingerprint density at radius 1 is 0.533 bits per heavy atom. The van der Waals surface area contributed by atoms with Gasteiger partial charge in [0.05, 0.1) is 13.2 Å². The van der Waals surface area contributed by atoms with Gasteiger partial charge in [-0.25, -0.2) is 0 Å². The molecule has 0 N–H and O–H groups in total. The molecular formula is C42H85NO2. The second-order valence-corrected chi connectivity index (χ2v) is 15.4. The lowest BCUT2D eigenvalue weighted by molar-refractivity contribution is -0.161. The van der Waals surface area contributed by atoms with Crippen LogP contribution >= 0.6 is 0 Å². The molecule has 1 fully saturated rings. The van der Waals surface area contributed by atoms with Gasteiger partial charge in [0.15, 0.2) is 6.29 Å². The second kappa shape index (κ2) is 30.0.